The molecule has 0 aliphatic carbocycles. The molecule has 0 bridgehead atoms. The number of amides is 1. The molecule has 0 aliphatic heterocycles. The van der Waals surface area contributed by atoms with Crippen LogP contribution in [-0.4, -0.2) is 17.0 Å². The summed E-state index contributed by atoms with van der Waals surface area (Å²) in [7, 11) is 0. The Bertz CT molecular complexity index is 471. The van der Waals surface area contributed by atoms with Crippen molar-refractivity contribution in [1.29, 1.82) is 0 Å². The highest BCUT2D eigenvalue weighted by Gasteiger charge is 2.39. The third kappa shape index (κ3) is 2.92. The second-order valence-corrected chi connectivity index (χ2v) is 3.18. The lowest BCUT2D eigenvalue weighted by Crippen LogP contribution is -2.30. The van der Waals surface area contributed by atoms with Crippen molar-refractivity contribution in [1.82, 2.24) is 0 Å². The monoisotopic (exact) mass is 248 g/mol. The first-order valence-corrected chi connectivity index (χ1v) is 4.35. The molecule has 0 saturated heterocycles. The highest BCUT2D eigenvalue weighted by molar-refractivity contribution is 5.97. The number of anilines is 1. The average Bonchev–Trinajstić information content (AvgIpc) is 2.18. The van der Waals surface area contributed by atoms with Crippen LogP contribution in [0.2, 0.25) is 0 Å². The standard InChI is InChI=1S/C9H7F3N2O3/c1-5-3-2-4-6(14(16)17)7(5)13-8(15)9(10,11)12/h2-4H,1H3,(H,13,15). The van der Waals surface area contributed by atoms with Gasteiger partial charge in [-0.25, -0.2) is 0 Å². The lowest BCUT2D eigenvalue weighted by molar-refractivity contribution is -0.384. The Hall–Kier alpha value is -2.12. The summed E-state index contributed by atoms with van der Waals surface area (Å²) in [5.74, 6) is -2.24. The van der Waals surface area contributed by atoms with E-state index in [0.29, 0.717) is 0 Å². The Kier molecular flexibility index (Phi) is 3.35. The van der Waals surface area contributed by atoms with Gasteiger partial charge in [-0.05, 0) is 12.5 Å². The Morgan fingerprint density at radius 1 is 1.41 bits per heavy atom. The van der Waals surface area contributed by atoms with Crippen molar-refractivity contribution in [3.8, 4) is 0 Å². The van der Waals surface area contributed by atoms with Gasteiger partial charge in [-0.1, -0.05) is 12.1 Å². The van der Waals surface area contributed by atoms with Crippen LogP contribution in [0.15, 0.2) is 18.2 Å². The van der Waals surface area contributed by atoms with E-state index in [9.17, 15) is 28.1 Å². The molecule has 92 valence electrons. The molecule has 1 aromatic carbocycles. The third-order valence-electron chi connectivity index (χ3n) is 1.94. The number of nitrogens with zero attached hydrogens (tertiary/aromatic N) is 1. The summed E-state index contributed by atoms with van der Waals surface area (Å²) in [6.45, 7) is 1.36. The fraction of sp³-hybridized carbons (Fsp3) is 0.222. The van der Waals surface area contributed by atoms with Crippen molar-refractivity contribution in [2.45, 2.75) is 13.1 Å². The molecule has 0 atom stereocenters. The molecule has 1 amide bonds. The van der Waals surface area contributed by atoms with Crippen molar-refractivity contribution in [2.75, 3.05) is 5.32 Å². The van der Waals surface area contributed by atoms with Gasteiger partial charge in [-0.2, -0.15) is 13.2 Å². The molecule has 0 aliphatic rings. The van der Waals surface area contributed by atoms with E-state index in [-0.39, 0.29) is 5.56 Å². The summed E-state index contributed by atoms with van der Waals surface area (Å²) < 4.78 is 36.1. The highest BCUT2D eigenvalue weighted by atomic mass is 19.4. The first kappa shape index (κ1) is 12.9. The molecule has 0 saturated carbocycles. The number of nitrogens with one attached hydrogen (secondary N) is 1. The predicted octanol–water partition coefficient (Wildman–Crippen LogP) is 2.40. The Labute approximate surface area is 93.4 Å². The van der Waals surface area contributed by atoms with Crippen LogP contribution in [0.25, 0.3) is 0 Å². The Balaban J connectivity index is 3.14. The summed E-state index contributed by atoms with van der Waals surface area (Å²) in [6.07, 6.45) is -5.09. The predicted molar refractivity (Wildman–Crippen MR) is 52.5 cm³/mol. The van der Waals surface area contributed by atoms with E-state index in [1.165, 1.54) is 24.4 Å². The van der Waals surface area contributed by atoms with Crippen LogP contribution in [0.3, 0.4) is 0 Å². The quantitative estimate of drug-likeness (QED) is 0.645. The van der Waals surface area contributed by atoms with Crippen LogP contribution in [0.1, 0.15) is 5.56 Å². The topological polar surface area (TPSA) is 72.2 Å². The highest BCUT2D eigenvalue weighted by Crippen LogP contribution is 2.29. The second kappa shape index (κ2) is 4.40. The van der Waals surface area contributed by atoms with E-state index in [1.54, 1.807) is 0 Å². The van der Waals surface area contributed by atoms with Crippen LogP contribution in [0, 0.1) is 17.0 Å². The minimum atomic E-state index is -5.09. The van der Waals surface area contributed by atoms with E-state index in [4.69, 9.17) is 0 Å². The fourth-order valence-electron chi connectivity index (χ4n) is 1.15. The first-order valence-electron chi connectivity index (χ1n) is 4.35. The van der Waals surface area contributed by atoms with Crippen molar-refractivity contribution < 1.29 is 22.9 Å². The van der Waals surface area contributed by atoms with Gasteiger partial charge in [0.15, 0.2) is 0 Å². The number of hydrogen-bond donors (Lipinski definition) is 1. The summed E-state index contributed by atoms with van der Waals surface area (Å²) in [5.41, 5.74) is -0.848. The first-order chi connectivity index (χ1) is 7.73. The number of nitro benzene ring substituents is 1. The number of carbonyl (C=O) groups is 1. The lowest BCUT2D eigenvalue weighted by Gasteiger charge is -2.10. The van der Waals surface area contributed by atoms with Crippen LogP contribution in [-0.2, 0) is 4.79 Å². The molecule has 1 N–H and O–H groups in total. The summed E-state index contributed by atoms with van der Waals surface area (Å²) in [5, 5.41) is 12.1. The molecule has 0 radical (unpaired) electrons. The zero-order valence-corrected chi connectivity index (χ0v) is 8.54. The lowest BCUT2D eigenvalue weighted by atomic mass is 10.1. The molecule has 5 nitrogen and oxygen atoms in total. The van der Waals surface area contributed by atoms with Crippen molar-refractivity contribution in [2.24, 2.45) is 0 Å². The van der Waals surface area contributed by atoms with E-state index in [0.717, 1.165) is 6.07 Å². The molecule has 0 spiro atoms. The number of benzene rings is 1. The number of para-hydroxylation sites is 1. The Morgan fingerprint density at radius 2 is 2.00 bits per heavy atom. The van der Waals surface area contributed by atoms with Gasteiger partial charge < -0.3 is 5.32 Å². The maximum atomic E-state index is 12.0. The largest absolute Gasteiger partial charge is 0.471 e. The molecule has 0 heterocycles. The molecule has 0 aromatic heterocycles. The van der Waals surface area contributed by atoms with Gasteiger partial charge in [0, 0.05) is 6.07 Å². The second-order valence-electron chi connectivity index (χ2n) is 3.18. The van der Waals surface area contributed by atoms with Crippen LogP contribution >= 0.6 is 0 Å². The number of aryl methyl sites for hydroxylation is 1. The average molecular weight is 248 g/mol. The SMILES string of the molecule is Cc1cccc([N+](=O)[O-])c1NC(=O)C(F)(F)F. The smallest absolute Gasteiger partial charge is 0.312 e. The third-order valence-corrected chi connectivity index (χ3v) is 1.94. The van der Waals surface area contributed by atoms with Crippen LogP contribution < -0.4 is 5.32 Å². The van der Waals surface area contributed by atoms with Crippen LogP contribution in [0.4, 0.5) is 24.5 Å². The maximum Gasteiger partial charge on any atom is 0.471 e. The zero-order valence-electron chi connectivity index (χ0n) is 8.54. The van der Waals surface area contributed by atoms with Crippen molar-refractivity contribution in [3.05, 3.63) is 33.9 Å². The minimum Gasteiger partial charge on any atom is -0.312 e. The van der Waals surface area contributed by atoms with Crippen molar-refractivity contribution in [3.63, 3.8) is 0 Å². The summed E-state index contributed by atoms with van der Waals surface area (Å²) in [6, 6.07) is 3.69. The maximum absolute atomic E-state index is 12.0. The molecule has 17 heavy (non-hydrogen) atoms. The zero-order chi connectivity index (χ0) is 13.2. The molecule has 1 aromatic rings. The van der Waals surface area contributed by atoms with E-state index >= 15 is 0 Å². The van der Waals surface area contributed by atoms with E-state index < -0.39 is 28.4 Å². The minimum absolute atomic E-state index is 0.178. The van der Waals surface area contributed by atoms with Gasteiger partial charge in [0.2, 0.25) is 0 Å². The van der Waals surface area contributed by atoms with Gasteiger partial charge in [-0.15, -0.1) is 0 Å². The number of hydrogen-bond acceptors (Lipinski definition) is 3. The van der Waals surface area contributed by atoms with Gasteiger partial charge in [0.1, 0.15) is 5.69 Å². The molecular formula is C9H7F3N2O3. The molecular weight excluding hydrogens is 241 g/mol. The van der Waals surface area contributed by atoms with Gasteiger partial charge in [-0.3, -0.25) is 14.9 Å². The van der Waals surface area contributed by atoms with Gasteiger partial charge >= 0.3 is 12.1 Å². The number of nitro groups is 1. The summed E-state index contributed by atoms with van der Waals surface area (Å²) in [4.78, 5) is 20.4. The fourth-order valence-corrected chi connectivity index (χ4v) is 1.15. The van der Waals surface area contributed by atoms with E-state index in [1.807, 2.05) is 0 Å². The van der Waals surface area contributed by atoms with Gasteiger partial charge in [0.05, 0.1) is 4.92 Å². The number of alkyl halides is 3. The number of rotatable bonds is 2. The normalized spacial score (nSPS) is 11.1. The number of carbonyl (C=O) groups excluding carboxylic acids is 1. The van der Waals surface area contributed by atoms with Crippen LogP contribution in [0.5, 0.6) is 0 Å². The molecule has 0 unspecified atom stereocenters. The number of halogens is 3. The molecule has 1 rings (SSSR count). The molecule has 8 heteroatoms. The van der Waals surface area contributed by atoms with E-state index in [2.05, 4.69) is 0 Å². The van der Waals surface area contributed by atoms with Crippen molar-refractivity contribution >= 4 is 17.3 Å². The summed E-state index contributed by atoms with van der Waals surface area (Å²) >= 11 is 0. The molecule has 0 fully saturated rings. The van der Waals surface area contributed by atoms with Gasteiger partial charge in [0.25, 0.3) is 5.69 Å². The Morgan fingerprint density at radius 3 is 2.47 bits per heavy atom.